The van der Waals surface area contributed by atoms with Crippen LogP contribution in [0.5, 0.6) is 0 Å². The van der Waals surface area contributed by atoms with Crippen LogP contribution in [0.25, 0.3) is 11.1 Å². The number of alkyl halides is 3. The number of nitrogens with zero attached hydrogens (tertiary/aromatic N) is 4. The predicted molar refractivity (Wildman–Crippen MR) is 140 cm³/mol. The molecule has 1 fully saturated rings. The smallest absolute Gasteiger partial charge is 0.341 e. The zero-order chi connectivity index (χ0) is 28.7. The molecule has 1 aromatic carbocycles. The minimum atomic E-state index is -4.37. The Morgan fingerprint density at radius 1 is 1.07 bits per heavy atom. The van der Waals surface area contributed by atoms with Crippen molar-refractivity contribution in [2.75, 3.05) is 18.4 Å². The predicted octanol–water partition coefficient (Wildman–Crippen LogP) is 5.02. The zero-order valence-electron chi connectivity index (χ0n) is 22.5. The van der Waals surface area contributed by atoms with Crippen LogP contribution < -0.4 is 10.6 Å². The van der Waals surface area contributed by atoms with Crippen molar-refractivity contribution in [2.24, 2.45) is 5.92 Å². The van der Waals surface area contributed by atoms with Crippen LogP contribution in [0, 0.1) is 5.92 Å². The Labute approximate surface area is 229 Å². The van der Waals surface area contributed by atoms with E-state index in [1.165, 1.54) is 4.90 Å². The first-order chi connectivity index (χ1) is 18.9. The van der Waals surface area contributed by atoms with Gasteiger partial charge in [-0.2, -0.15) is 18.2 Å². The number of carbonyl (C=O) groups is 2. The summed E-state index contributed by atoms with van der Waals surface area (Å²) in [4.78, 5) is 34.9. The molecule has 2 amide bonds. The van der Waals surface area contributed by atoms with Crippen LogP contribution in [0.15, 0.2) is 41.1 Å². The van der Waals surface area contributed by atoms with Crippen LogP contribution >= 0.6 is 0 Å². The standard InChI is InChI=1S/C28H31F3N6O3/c1-27(2,3)26-35-25(40-36-26)24(39)33-21-9-11-37(15-28(29,30)31)14-19-12-17(6-7-20(19)21)18-8-10-32-22(13-18)34-23(38)16-4-5-16/h6-8,10,12-13,16,21H,4-5,9,11,14-15H2,1-3H3,(H,33,39)(H,32,34,38)/t21-/m1/s1. The van der Waals surface area contributed by atoms with Gasteiger partial charge >= 0.3 is 18.0 Å². The van der Waals surface area contributed by atoms with Crippen LogP contribution in [0.2, 0.25) is 0 Å². The minimum Gasteiger partial charge on any atom is -0.341 e. The lowest BCUT2D eigenvalue weighted by Crippen LogP contribution is -2.35. The van der Waals surface area contributed by atoms with Gasteiger partial charge in [0.2, 0.25) is 5.91 Å². The number of amides is 2. The molecule has 40 heavy (non-hydrogen) atoms. The number of nitrogens with one attached hydrogen (secondary N) is 2. The highest BCUT2D eigenvalue weighted by Crippen LogP contribution is 2.34. The summed E-state index contributed by atoms with van der Waals surface area (Å²) < 4.78 is 45.2. The van der Waals surface area contributed by atoms with E-state index in [1.807, 2.05) is 39.0 Å². The second kappa shape index (κ2) is 10.6. The van der Waals surface area contributed by atoms with Crippen LogP contribution in [0.4, 0.5) is 19.0 Å². The molecule has 1 saturated carbocycles. The quantitative estimate of drug-likeness (QED) is 0.439. The SMILES string of the molecule is CC(C)(C)c1noc(C(=O)N[C@@H]2CCN(CC(F)(F)F)Cc3cc(-c4ccnc(NC(=O)C5CC5)c4)ccc32)n1. The van der Waals surface area contributed by atoms with Crippen molar-refractivity contribution in [1.29, 1.82) is 0 Å². The number of pyridine rings is 1. The van der Waals surface area contributed by atoms with Gasteiger partial charge in [0.1, 0.15) is 5.82 Å². The third-order valence-electron chi connectivity index (χ3n) is 6.94. The molecular formula is C28H31F3N6O3. The molecule has 3 heterocycles. The number of fused-ring (bicyclic) bond motifs is 1. The first-order valence-electron chi connectivity index (χ1n) is 13.2. The molecule has 212 valence electrons. The van der Waals surface area contributed by atoms with Crippen molar-refractivity contribution < 1.29 is 27.3 Å². The highest BCUT2D eigenvalue weighted by atomic mass is 19.4. The summed E-state index contributed by atoms with van der Waals surface area (Å²) in [6, 6.07) is 8.46. The lowest BCUT2D eigenvalue weighted by Gasteiger charge is -2.22. The number of carbonyl (C=O) groups excluding carboxylic acids is 2. The fraction of sp³-hybridized carbons (Fsp3) is 0.464. The maximum Gasteiger partial charge on any atom is 0.401 e. The van der Waals surface area contributed by atoms with Crippen molar-refractivity contribution in [3.63, 3.8) is 0 Å². The topological polar surface area (TPSA) is 113 Å². The summed E-state index contributed by atoms with van der Waals surface area (Å²) in [6.45, 7) is 4.78. The largest absolute Gasteiger partial charge is 0.401 e. The van der Waals surface area contributed by atoms with Crippen molar-refractivity contribution in [2.45, 2.75) is 64.2 Å². The number of aromatic nitrogens is 3. The Balaban J connectivity index is 1.42. The molecular weight excluding hydrogens is 525 g/mol. The van der Waals surface area contributed by atoms with Gasteiger partial charge < -0.3 is 15.2 Å². The number of rotatable bonds is 6. The molecule has 1 aliphatic carbocycles. The van der Waals surface area contributed by atoms with Crippen LogP contribution in [-0.2, 0) is 16.8 Å². The van der Waals surface area contributed by atoms with E-state index in [1.54, 1.807) is 18.3 Å². The highest BCUT2D eigenvalue weighted by Gasteiger charge is 2.34. The molecule has 2 N–H and O–H groups in total. The number of halogens is 3. The van der Waals surface area contributed by atoms with Crippen LogP contribution in [-0.4, -0.2) is 51.1 Å². The molecule has 1 aliphatic heterocycles. The molecule has 0 saturated heterocycles. The maximum absolute atomic E-state index is 13.3. The molecule has 0 unspecified atom stereocenters. The van der Waals surface area contributed by atoms with Gasteiger partial charge in [-0.1, -0.05) is 38.1 Å². The normalized spacial score (nSPS) is 18.1. The van der Waals surface area contributed by atoms with Gasteiger partial charge in [-0.15, -0.1) is 0 Å². The Bertz CT molecular complexity index is 1410. The third kappa shape index (κ3) is 6.67. The van der Waals surface area contributed by atoms with Gasteiger partial charge in [0.25, 0.3) is 0 Å². The van der Waals surface area contributed by atoms with Gasteiger partial charge in [-0.25, -0.2) is 4.98 Å². The van der Waals surface area contributed by atoms with Gasteiger partial charge in [0.05, 0.1) is 12.6 Å². The van der Waals surface area contributed by atoms with E-state index < -0.39 is 30.1 Å². The summed E-state index contributed by atoms with van der Waals surface area (Å²) in [5, 5.41) is 9.60. The molecule has 9 nitrogen and oxygen atoms in total. The van der Waals surface area contributed by atoms with Crippen molar-refractivity contribution in [3.8, 4) is 11.1 Å². The Kier molecular flexibility index (Phi) is 7.38. The molecule has 2 aliphatic rings. The summed E-state index contributed by atoms with van der Waals surface area (Å²) in [6.07, 6.45) is -0.785. The zero-order valence-corrected chi connectivity index (χ0v) is 22.5. The first-order valence-corrected chi connectivity index (χ1v) is 13.2. The average molecular weight is 557 g/mol. The van der Waals surface area contributed by atoms with Gasteiger partial charge in [0, 0.05) is 30.6 Å². The van der Waals surface area contributed by atoms with E-state index in [-0.39, 0.29) is 37.2 Å². The highest BCUT2D eigenvalue weighted by molar-refractivity contribution is 5.93. The molecule has 2 aromatic heterocycles. The lowest BCUT2D eigenvalue weighted by atomic mass is 9.94. The maximum atomic E-state index is 13.3. The Hall–Kier alpha value is -3.80. The van der Waals surface area contributed by atoms with Gasteiger partial charge in [-0.3, -0.25) is 14.5 Å². The molecule has 1 atom stereocenters. The summed E-state index contributed by atoms with van der Waals surface area (Å²) >= 11 is 0. The molecule has 12 heteroatoms. The van der Waals surface area contributed by atoms with Crippen LogP contribution in [0.1, 0.15) is 73.7 Å². The summed E-state index contributed by atoms with van der Waals surface area (Å²) in [5.41, 5.74) is 2.48. The number of hydrogen-bond donors (Lipinski definition) is 2. The third-order valence-corrected chi connectivity index (χ3v) is 6.94. The fourth-order valence-electron chi connectivity index (χ4n) is 4.68. The van der Waals surface area contributed by atoms with Crippen molar-refractivity contribution >= 4 is 17.6 Å². The van der Waals surface area contributed by atoms with Gasteiger partial charge in [-0.05, 0) is 59.7 Å². The monoisotopic (exact) mass is 556 g/mol. The van der Waals surface area contributed by atoms with E-state index in [0.717, 1.165) is 24.0 Å². The van der Waals surface area contributed by atoms with Gasteiger partial charge in [0.15, 0.2) is 5.82 Å². The number of anilines is 1. The second-order valence-electron chi connectivity index (χ2n) is 11.4. The van der Waals surface area contributed by atoms with Crippen LogP contribution in [0.3, 0.4) is 0 Å². The Morgan fingerprint density at radius 3 is 2.50 bits per heavy atom. The number of hydrogen-bond acceptors (Lipinski definition) is 7. The van der Waals surface area contributed by atoms with Crippen molar-refractivity contribution in [3.05, 3.63) is 59.4 Å². The average Bonchev–Trinajstić information content (AvgIpc) is 3.63. The fourth-order valence-corrected chi connectivity index (χ4v) is 4.68. The second-order valence-corrected chi connectivity index (χ2v) is 11.4. The molecule has 0 radical (unpaired) electrons. The molecule has 0 bridgehead atoms. The lowest BCUT2D eigenvalue weighted by molar-refractivity contribution is -0.147. The van der Waals surface area contributed by atoms with E-state index in [4.69, 9.17) is 4.52 Å². The Morgan fingerprint density at radius 2 is 1.82 bits per heavy atom. The van der Waals surface area contributed by atoms with E-state index in [2.05, 4.69) is 25.8 Å². The minimum absolute atomic E-state index is 0.0249. The van der Waals surface area contributed by atoms with E-state index in [0.29, 0.717) is 22.8 Å². The van der Waals surface area contributed by atoms with Crippen molar-refractivity contribution in [1.82, 2.24) is 25.3 Å². The van der Waals surface area contributed by atoms with E-state index >= 15 is 0 Å². The number of benzene rings is 1. The van der Waals surface area contributed by atoms with E-state index in [9.17, 15) is 22.8 Å². The summed E-state index contributed by atoms with van der Waals surface area (Å²) in [7, 11) is 0. The molecule has 3 aromatic rings. The first kappa shape index (κ1) is 27.8. The molecule has 5 rings (SSSR count). The summed E-state index contributed by atoms with van der Waals surface area (Å²) in [5.74, 6) is -0.0254. The molecule has 0 spiro atoms.